The van der Waals surface area contributed by atoms with E-state index in [1.807, 2.05) is 23.5 Å². The van der Waals surface area contributed by atoms with Crippen molar-refractivity contribution in [3.05, 3.63) is 30.3 Å². The minimum absolute atomic E-state index is 0.516. The van der Waals surface area contributed by atoms with Crippen molar-refractivity contribution < 1.29 is 5.11 Å². The Balaban J connectivity index is 1.52. The molecule has 0 saturated carbocycles. The first kappa shape index (κ1) is 18.9. The number of thioether (sulfide) groups is 2. The summed E-state index contributed by atoms with van der Waals surface area (Å²) in [6, 6.07) is 10.6. The number of aliphatic imine (C=N–C) groups is 1. The third-order valence-electron chi connectivity index (χ3n) is 4.75. The molecule has 1 aromatic carbocycles. The summed E-state index contributed by atoms with van der Waals surface area (Å²) in [5, 5.41) is 13.9. The van der Waals surface area contributed by atoms with E-state index in [0.29, 0.717) is 12.5 Å². The highest BCUT2D eigenvalue weighted by atomic mass is 32.2. The quantitative estimate of drug-likeness (QED) is 0.452. The summed E-state index contributed by atoms with van der Waals surface area (Å²) in [6.45, 7) is 5.60. The van der Waals surface area contributed by atoms with Gasteiger partial charge in [0.2, 0.25) is 0 Å². The van der Waals surface area contributed by atoms with Crippen LogP contribution in [0.3, 0.4) is 0 Å². The van der Waals surface area contributed by atoms with Gasteiger partial charge in [0.1, 0.15) is 0 Å². The molecule has 138 valence electrons. The molecule has 0 bridgehead atoms. The van der Waals surface area contributed by atoms with Crippen LogP contribution in [-0.4, -0.2) is 65.0 Å². The molecule has 3 rings (SSSR count). The normalized spacial score (nSPS) is 27.0. The predicted octanol–water partition coefficient (Wildman–Crippen LogP) is 2.93. The fourth-order valence-electron chi connectivity index (χ4n) is 3.26. The third-order valence-corrected chi connectivity index (χ3v) is 7.23. The van der Waals surface area contributed by atoms with E-state index >= 15 is 0 Å². The van der Waals surface area contributed by atoms with Crippen molar-refractivity contribution in [3.63, 3.8) is 0 Å². The lowest BCUT2D eigenvalue weighted by Gasteiger charge is -2.24. The van der Waals surface area contributed by atoms with Crippen molar-refractivity contribution in [2.45, 2.75) is 30.3 Å². The van der Waals surface area contributed by atoms with Gasteiger partial charge in [-0.25, -0.2) is 0 Å². The molecule has 0 radical (unpaired) electrons. The molecule has 0 aromatic heterocycles. The Kier molecular flexibility index (Phi) is 6.96. The fourth-order valence-corrected chi connectivity index (χ4v) is 5.59. The number of rotatable bonds is 6. The number of hydrogen-bond acceptors (Lipinski definition) is 4. The summed E-state index contributed by atoms with van der Waals surface area (Å²) in [5.74, 6) is 4.68. The van der Waals surface area contributed by atoms with E-state index in [9.17, 15) is 5.11 Å². The van der Waals surface area contributed by atoms with Gasteiger partial charge in [0.25, 0.3) is 0 Å². The van der Waals surface area contributed by atoms with Crippen LogP contribution in [0.4, 0.5) is 0 Å². The van der Waals surface area contributed by atoms with E-state index in [1.165, 1.54) is 11.3 Å². The van der Waals surface area contributed by atoms with Crippen molar-refractivity contribution in [2.75, 3.05) is 43.4 Å². The largest absolute Gasteiger partial charge is 0.387 e. The summed E-state index contributed by atoms with van der Waals surface area (Å²) in [6.07, 6.45) is 2.07. The molecule has 2 saturated heterocycles. The summed E-state index contributed by atoms with van der Waals surface area (Å²) < 4.78 is 0. The summed E-state index contributed by atoms with van der Waals surface area (Å²) >= 11 is 3.78. The predicted molar refractivity (Wildman–Crippen MR) is 110 cm³/mol. The summed E-state index contributed by atoms with van der Waals surface area (Å²) in [4.78, 5) is 8.48. The van der Waals surface area contributed by atoms with Gasteiger partial charge in [-0.05, 0) is 43.6 Å². The molecule has 2 N–H and O–H groups in total. The number of nitrogens with zero attached hydrogens (tertiary/aromatic N) is 2. The van der Waals surface area contributed by atoms with E-state index in [1.54, 1.807) is 0 Å². The standard InChI is InChI=1S/C19H29N3OS2/c1-2-20-18(21-14-19(23)9-11-24-15-19)22-10-8-16(12-22)13-25-17-6-4-3-5-7-17/h3-7,16,23H,2,8-15H2,1H3,(H,20,21). The van der Waals surface area contributed by atoms with Crippen molar-refractivity contribution in [1.29, 1.82) is 0 Å². The molecular weight excluding hydrogens is 350 g/mol. The Hall–Kier alpha value is -0.850. The van der Waals surface area contributed by atoms with Crippen LogP contribution in [0, 0.1) is 5.92 Å². The zero-order valence-corrected chi connectivity index (χ0v) is 16.6. The maximum Gasteiger partial charge on any atom is 0.194 e. The number of aliphatic hydroxyl groups is 1. The Labute approximate surface area is 159 Å². The highest BCUT2D eigenvalue weighted by molar-refractivity contribution is 7.99. The van der Waals surface area contributed by atoms with Crippen LogP contribution in [0.15, 0.2) is 40.2 Å². The molecule has 1 aromatic rings. The van der Waals surface area contributed by atoms with Gasteiger partial charge in [0, 0.05) is 36.0 Å². The second-order valence-electron chi connectivity index (χ2n) is 6.92. The smallest absolute Gasteiger partial charge is 0.194 e. The Morgan fingerprint density at radius 3 is 3.00 bits per heavy atom. The van der Waals surface area contributed by atoms with Crippen molar-refractivity contribution in [2.24, 2.45) is 10.9 Å². The number of guanidine groups is 1. The maximum absolute atomic E-state index is 10.5. The topological polar surface area (TPSA) is 47.9 Å². The lowest BCUT2D eigenvalue weighted by Crippen LogP contribution is -2.42. The summed E-state index contributed by atoms with van der Waals surface area (Å²) in [7, 11) is 0. The molecule has 4 nitrogen and oxygen atoms in total. The number of benzene rings is 1. The molecule has 2 aliphatic rings. The average molecular weight is 380 g/mol. The summed E-state index contributed by atoms with van der Waals surface area (Å²) in [5.41, 5.74) is -0.604. The van der Waals surface area contributed by atoms with Crippen molar-refractivity contribution in [1.82, 2.24) is 10.2 Å². The first-order chi connectivity index (χ1) is 12.2. The highest BCUT2D eigenvalue weighted by Crippen LogP contribution is 2.29. The van der Waals surface area contributed by atoms with Gasteiger partial charge in [-0.15, -0.1) is 11.8 Å². The number of hydrogen-bond donors (Lipinski definition) is 2. The molecule has 0 amide bonds. The minimum Gasteiger partial charge on any atom is -0.387 e. The van der Waals surface area contributed by atoms with Gasteiger partial charge >= 0.3 is 0 Å². The molecule has 2 heterocycles. The number of likely N-dealkylation sites (tertiary alicyclic amines) is 1. The number of nitrogens with one attached hydrogen (secondary N) is 1. The molecule has 25 heavy (non-hydrogen) atoms. The molecule has 2 atom stereocenters. The van der Waals surface area contributed by atoms with Crippen molar-refractivity contribution in [3.8, 4) is 0 Å². The first-order valence-electron chi connectivity index (χ1n) is 9.20. The Morgan fingerprint density at radius 1 is 1.44 bits per heavy atom. The van der Waals surface area contributed by atoms with Crippen LogP contribution in [0.1, 0.15) is 19.8 Å². The van der Waals surface area contributed by atoms with E-state index < -0.39 is 5.60 Å². The molecule has 6 heteroatoms. The van der Waals surface area contributed by atoms with Crippen LogP contribution in [0.25, 0.3) is 0 Å². The van der Waals surface area contributed by atoms with Gasteiger partial charge in [-0.1, -0.05) is 18.2 Å². The Morgan fingerprint density at radius 2 is 2.28 bits per heavy atom. The minimum atomic E-state index is -0.604. The second kappa shape index (κ2) is 9.19. The van der Waals surface area contributed by atoms with E-state index in [0.717, 1.165) is 49.3 Å². The highest BCUT2D eigenvalue weighted by Gasteiger charge is 2.32. The molecule has 2 unspecified atom stereocenters. The van der Waals surface area contributed by atoms with E-state index in [4.69, 9.17) is 4.99 Å². The second-order valence-corrected chi connectivity index (χ2v) is 9.12. The Bertz CT molecular complexity index is 561. The lowest BCUT2D eigenvalue weighted by molar-refractivity contribution is 0.0776. The van der Waals surface area contributed by atoms with Gasteiger partial charge in [0.15, 0.2) is 5.96 Å². The monoisotopic (exact) mass is 379 g/mol. The average Bonchev–Trinajstić information content (AvgIpc) is 3.27. The van der Waals surface area contributed by atoms with Gasteiger partial charge in [-0.2, -0.15) is 11.8 Å². The lowest BCUT2D eigenvalue weighted by atomic mass is 10.1. The fraction of sp³-hybridized carbons (Fsp3) is 0.632. The van der Waals surface area contributed by atoms with Gasteiger partial charge in [-0.3, -0.25) is 4.99 Å². The van der Waals surface area contributed by atoms with Crippen LogP contribution in [0.2, 0.25) is 0 Å². The maximum atomic E-state index is 10.5. The molecule has 0 spiro atoms. The zero-order valence-electron chi connectivity index (χ0n) is 15.0. The van der Waals surface area contributed by atoms with Crippen LogP contribution in [0.5, 0.6) is 0 Å². The van der Waals surface area contributed by atoms with Gasteiger partial charge in [0.05, 0.1) is 12.1 Å². The van der Waals surface area contributed by atoms with Crippen LogP contribution in [-0.2, 0) is 0 Å². The first-order valence-corrected chi connectivity index (χ1v) is 11.3. The SMILES string of the molecule is CCNC(=NCC1(O)CCSC1)N1CCC(CSc2ccccc2)C1. The zero-order chi connectivity index (χ0) is 17.5. The van der Waals surface area contributed by atoms with Crippen LogP contribution < -0.4 is 5.32 Å². The van der Waals surface area contributed by atoms with Crippen molar-refractivity contribution >= 4 is 29.5 Å². The molecule has 2 fully saturated rings. The van der Waals surface area contributed by atoms with E-state index in [-0.39, 0.29) is 0 Å². The third kappa shape index (κ3) is 5.56. The van der Waals surface area contributed by atoms with Gasteiger partial charge < -0.3 is 15.3 Å². The van der Waals surface area contributed by atoms with Crippen LogP contribution >= 0.6 is 23.5 Å². The van der Waals surface area contributed by atoms with E-state index in [2.05, 4.69) is 47.5 Å². The molecule has 0 aliphatic carbocycles. The molecular formula is C19H29N3OS2. The molecule has 2 aliphatic heterocycles.